The zero-order valence-electron chi connectivity index (χ0n) is 8.95. The third-order valence-corrected chi connectivity index (χ3v) is 2.57. The van der Waals surface area contributed by atoms with Gasteiger partial charge in [-0.15, -0.1) is 0 Å². The van der Waals surface area contributed by atoms with Gasteiger partial charge in [-0.25, -0.2) is 9.59 Å². The smallest absolute Gasteiger partial charge is 0.339 e. The molecule has 0 aliphatic rings. The van der Waals surface area contributed by atoms with Crippen molar-refractivity contribution >= 4 is 27.9 Å². The number of hydrogen-bond acceptors (Lipinski definition) is 4. The maximum atomic E-state index is 11.5. The predicted molar refractivity (Wildman–Crippen MR) is 61.4 cm³/mol. The van der Waals surface area contributed by atoms with Crippen molar-refractivity contribution in [3.8, 4) is 0 Å². The van der Waals surface area contributed by atoms with E-state index in [4.69, 9.17) is 4.74 Å². The highest BCUT2D eigenvalue weighted by molar-refractivity contribution is 9.10. The second kappa shape index (κ2) is 5.65. The molecular weight excluding hydrogens is 276 g/mol. The molecule has 16 heavy (non-hydrogen) atoms. The molecule has 0 atom stereocenters. The first-order valence-corrected chi connectivity index (χ1v) is 5.44. The summed E-state index contributed by atoms with van der Waals surface area (Å²) < 4.78 is 10.0. The normalized spacial score (nSPS) is 9.69. The molecule has 0 heterocycles. The molecule has 1 aromatic carbocycles. The van der Waals surface area contributed by atoms with Crippen molar-refractivity contribution < 1.29 is 19.1 Å². The van der Waals surface area contributed by atoms with Gasteiger partial charge in [0, 0.05) is 4.47 Å². The molecule has 86 valence electrons. The predicted octanol–water partition coefficient (Wildman–Crippen LogP) is 2.41. The first-order valence-electron chi connectivity index (χ1n) is 4.65. The van der Waals surface area contributed by atoms with Gasteiger partial charge in [0.2, 0.25) is 0 Å². The highest BCUT2D eigenvalue weighted by atomic mass is 79.9. The second-order valence-corrected chi connectivity index (χ2v) is 3.76. The summed E-state index contributed by atoms with van der Waals surface area (Å²) >= 11 is 3.22. The fourth-order valence-electron chi connectivity index (χ4n) is 1.14. The summed E-state index contributed by atoms with van der Waals surface area (Å²) in [5.41, 5.74) is 0.624. The number of benzene rings is 1. The van der Waals surface area contributed by atoms with Gasteiger partial charge in [-0.05, 0) is 41.1 Å². The molecule has 0 saturated heterocycles. The molecule has 4 nitrogen and oxygen atoms in total. The van der Waals surface area contributed by atoms with Gasteiger partial charge in [-0.1, -0.05) is 0 Å². The van der Waals surface area contributed by atoms with Crippen LogP contribution in [0.1, 0.15) is 27.6 Å². The van der Waals surface area contributed by atoms with Crippen LogP contribution >= 0.6 is 15.9 Å². The lowest BCUT2D eigenvalue weighted by atomic mass is 10.1. The van der Waals surface area contributed by atoms with Gasteiger partial charge in [0.25, 0.3) is 0 Å². The molecule has 0 aliphatic carbocycles. The fourth-order valence-corrected chi connectivity index (χ4v) is 1.54. The summed E-state index contributed by atoms with van der Waals surface area (Å²) in [5.74, 6) is -0.960. The summed E-state index contributed by atoms with van der Waals surface area (Å²) in [5, 5.41) is 0. The molecule has 1 rings (SSSR count). The monoisotopic (exact) mass is 286 g/mol. The minimum atomic E-state index is -0.488. The van der Waals surface area contributed by atoms with Gasteiger partial charge in [0.05, 0.1) is 24.8 Å². The van der Waals surface area contributed by atoms with Gasteiger partial charge < -0.3 is 9.47 Å². The van der Waals surface area contributed by atoms with Crippen LogP contribution in [0.25, 0.3) is 0 Å². The number of methoxy groups -OCH3 is 1. The Kier molecular flexibility index (Phi) is 4.49. The van der Waals surface area contributed by atoms with E-state index in [-0.39, 0.29) is 6.61 Å². The van der Waals surface area contributed by atoms with Gasteiger partial charge >= 0.3 is 11.9 Å². The summed E-state index contributed by atoms with van der Waals surface area (Å²) in [6, 6.07) is 4.62. The Labute approximate surface area is 102 Å². The first kappa shape index (κ1) is 12.7. The number of esters is 2. The average Bonchev–Trinajstić information content (AvgIpc) is 2.29. The van der Waals surface area contributed by atoms with Crippen molar-refractivity contribution in [1.82, 2.24) is 0 Å². The molecule has 0 saturated carbocycles. The number of rotatable bonds is 3. The van der Waals surface area contributed by atoms with E-state index in [0.29, 0.717) is 15.6 Å². The van der Waals surface area contributed by atoms with Crippen molar-refractivity contribution in [2.24, 2.45) is 0 Å². The Bertz CT molecular complexity index is 414. The number of hydrogen-bond donors (Lipinski definition) is 0. The Balaban J connectivity index is 3.08. The topological polar surface area (TPSA) is 52.6 Å². The Hall–Kier alpha value is -1.36. The Morgan fingerprint density at radius 2 is 2.00 bits per heavy atom. The average molecular weight is 287 g/mol. The third-order valence-electron chi connectivity index (χ3n) is 1.88. The summed E-state index contributed by atoms with van der Waals surface area (Å²) in [6.07, 6.45) is 0. The number of carbonyl (C=O) groups excluding carboxylic acids is 2. The van der Waals surface area contributed by atoms with Crippen LogP contribution in [0.2, 0.25) is 0 Å². The van der Waals surface area contributed by atoms with E-state index >= 15 is 0 Å². The molecule has 0 amide bonds. The Morgan fingerprint density at radius 3 is 2.56 bits per heavy atom. The first-order chi connectivity index (χ1) is 7.60. The van der Waals surface area contributed by atoms with E-state index in [0.717, 1.165) is 0 Å². The summed E-state index contributed by atoms with van der Waals surface area (Å²) in [6.45, 7) is 2.00. The summed E-state index contributed by atoms with van der Waals surface area (Å²) in [4.78, 5) is 22.8. The highest BCUT2D eigenvalue weighted by Gasteiger charge is 2.14. The van der Waals surface area contributed by atoms with E-state index in [1.54, 1.807) is 19.1 Å². The molecule has 0 fully saturated rings. The molecule has 1 aromatic rings. The molecule has 0 radical (unpaired) electrons. The molecule has 0 spiro atoms. The van der Waals surface area contributed by atoms with Crippen molar-refractivity contribution in [2.75, 3.05) is 13.7 Å². The zero-order chi connectivity index (χ0) is 12.1. The van der Waals surface area contributed by atoms with Crippen LogP contribution in [0.5, 0.6) is 0 Å². The van der Waals surface area contributed by atoms with Crippen LogP contribution in [0.3, 0.4) is 0 Å². The minimum absolute atomic E-state index is 0.285. The van der Waals surface area contributed by atoms with Crippen LogP contribution in [0.4, 0.5) is 0 Å². The van der Waals surface area contributed by atoms with Crippen molar-refractivity contribution in [1.29, 1.82) is 0 Å². The van der Waals surface area contributed by atoms with Gasteiger partial charge in [-0.3, -0.25) is 0 Å². The second-order valence-electron chi connectivity index (χ2n) is 2.91. The van der Waals surface area contributed by atoms with Gasteiger partial charge in [0.1, 0.15) is 0 Å². The van der Waals surface area contributed by atoms with Gasteiger partial charge in [0.15, 0.2) is 0 Å². The van der Waals surface area contributed by atoms with Crippen molar-refractivity contribution in [2.45, 2.75) is 6.92 Å². The van der Waals surface area contributed by atoms with E-state index < -0.39 is 11.9 Å². The van der Waals surface area contributed by atoms with Crippen LogP contribution in [0.15, 0.2) is 22.7 Å². The van der Waals surface area contributed by atoms with Crippen molar-refractivity contribution in [3.63, 3.8) is 0 Å². The SMILES string of the molecule is CCOC(=O)c1cc(C(=O)OC)ccc1Br. The molecular formula is C11H11BrO4. The molecule has 5 heteroatoms. The minimum Gasteiger partial charge on any atom is -0.465 e. The van der Waals surface area contributed by atoms with Gasteiger partial charge in [-0.2, -0.15) is 0 Å². The van der Waals surface area contributed by atoms with E-state index in [1.165, 1.54) is 13.2 Å². The summed E-state index contributed by atoms with van der Waals surface area (Å²) in [7, 11) is 1.29. The highest BCUT2D eigenvalue weighted by Crippen LogP contribution is 2.19. The van der Waals surface area contributed by atoms with E-state index in [9.17, 15) is 9.59 Å². The third kappa shape index (κ3) is 2.82. The molecule has 0 aliphatic heterocycles. The lowest BCUT2D eigenvalue weighted by Crippen LogP contribution is -2.08. The molecule has 0 unspecified atom stereocenters. The van der Waals surface area contributed by atoms with E-state index in [2.05, 4.69) is 20.7 Å². The lowest BCUT2D eigenvalue weighted by Gasteiger charge is -2.06. The van der Waals surface area contributed by atoms with Crippen molar-refractivity contribution in [3.05, 3.63) is 33.8 Å². The van der Waals surface area contributed by atoms with Crippen LogP contribution in [-0.2, 0) is 9.47 Å². The lowest BCUT2D eigenvalue weighted by molar-refractivity contribution is 0.0525. The number of carbonyl (C=O) groups is 2. The fraction of sp³-hybridized carbons (Fsp3) is 0.273. The van der Waals surface area contributed by atoms with Crippen LogP contribution in [0, 0.1) is 0 Å². The maximum absolute atomic E-state index is 11.5. The van der Waals surface area contributed by atoms with E-state index in [1.807, 2.05) is 0 Å². The standard InChI is InChI=1S/C11H11BrO4/c1-3-16-11(14)8-6-7(10(13)15-2)4-5-9(8)12/h4-6H,3H2,1-2H3. The largest absolute Gasteiger partial charge is 0.465 e. The number of halogens is 1. The molecule has 0 N–H and O–H groups in total. The molecule has 0 bridgehead atoms. The van der Waals surface area contributed by atoms with Crippen LogP contribution < -0.4 is 0 Å². The number of ether oxygens (including phenoxy) is 2. The maximum Gasteiger partial charge on any atom is 0.339 e. The molecule has 0 aromatic heterocycles. The van der Waals surface area contributed by atoms with Crippen LogP contribution in [-0.4, -0.2) is 25.7 Å². The quantitative estimate of drug-likeness (QED) is 0.801. The Morgan fingerprint density at radius 1 is 1.31 bits per heavy atom. The zero-order valence-corrected chi connectivity index (χ0v) is 10.5.